The summed E-state index contributed by atoms with van der Waals surface area (Å²) in [6.07, 6.45) is 6.55. The van der Waals surface area contributed by atoms with Gasteiger partial charge in [-0.2, -0.15) is 0 Å². The van der Waals surface area contributed by atoms with Crippen molar-refractivity contribution >= 4 is 33.1 Å². The molecule has 43 heavy (non-hydrogen) atoms. The minimum absolute atomic E-state index is 0.143. The van der Waals surface area contributed by atoms with E-state index >= 15 is 4.39 Å². The van der Waals surface area contributed by atoms with Crippen molar-refractivity contribution < 1.29 is 19.0 Å². The zero-order chi connectivity index (χ0) is 29.3. The maximum Gasteiger partial charge on any atom is 0.255 e. The Kier molecular flexibility index (Phi) is 7.42. The van der Waals surface area contributed by atoms with Crippen LogP contribution in [0.1, 0.15) is 27.9 Å². The van der Waals surface area contributed by atoms with E-state index in [1.807, 2.05) is 22.9 Å². The molecule has 0 bridgehead atoms. The van der Waals surface area contributed by atoms with Gasteiger partial charge in [-0.25, -0.2) is 9.37 Å². The molecular weight excluding hydrogens is 545 g/mol. The number of rotatable bonds is 9. The Hall–Kier alpha value is -4.47. The SMILES string of the molecule is O=C(NCCCn1ccnc1)c1cc2c3c(c(NCCN4CCOCC4)c(F)cc3c1O)Cc1c-2ccc2ccccc12. The number of halogens is 1. The Bertz CT molecular complexity index is 1820. The van der Waals surface area contributed by atoms with E-state index in [4.69, 9.17) is 4.74 Å². The predicted molar refractivity (Wildman–Crippen MR) is 166 cm³/mol. The first-order chi connectivity index (χ1) is 21.1. The Balaban J connectivity index is 1.27. The predicted octanol–water partition coefficient (Wildman–Crippen LogP) is 5.17. The second-order valence-corrected chi connectivity index (χ2v) is 11.2. The van der Waals surface area contributed by atoms with Gasteiger partial charge in [0, 0.05) is 63.5 Å². The molecule has 5 aromatic rings. The van der Waals surface area contributed by atoms with Gasteiger partial charge in [0.25, 0.3) is 5.91 Å². The minimum atomic E-state index is -0.438. The fourth-order valence-corrected chi connectivity index (χ4v) is 6.48. The van der Waals surface area contributed by atoms with Gasteiger partial charge in [-0.05, 0) is 57.0 Å². The smallest absolute Gasteiger partial charge is 0.255 e. The van der Waals surface area contributed by atoms with Crippen molar-refractivity contribution in [1.29, 1.82) is 0 Å². The highest BCUT2D eigenvalue weighted by Crippen LogP contribution is 2.48. The van der Waals surface area contributed by atoms with E-state index in [-0.39, 0.29) is 17.2 Å². The van der Waals surface area contributed by atoms with Crippen molar-refractivity contribution in [2.24, 2.45) is 0 Å². The highest BCUT2D eigenvalue weighted by Gasteiger charge is 2.29. The molecule has 2 heterocycles. The van der Waals surface area contributed by atoms with Crippen LogP contribution >= 0.6 is 0 Å². The summed E-state index contributed by atoms with van der Waals surface area (Å²) in [7, 11) is 0. The molecule has 1 amide bonds. The number of aryl methyl sites for hydroxylation is 1. The molecule has 1 aliphatic heterocycles. The summed E-state index contributed by atoms with van der Waals surface area (Å²) in [6.45, 7) is 5.64. The van der Waals surface area contributed by atoms with Crippen LogP contribution in [0, 0.1) is 5.82 Å². The van der Waals surface area contributed by atoms with Gasteiger partial charge < -0.3 is 25.0 Å². The zero-order valence-electron chi connectivity index (χ0n) is 23.9. The number of amides is 1. The number of hydrogen-bond donors (Lipinski definition) is 3. The van der Waals surface area contributed by atoms with E-state index in [0.29, 0.717) is 56.8 Å². The van der Waals surface area contributed by atoms with E-state index in [1.165, 1.54) is 6.07 Å². The number of nitrogens with one attached hydrogen (secondary N) is 2. The average molecular weight is 580 g/mol. The highest BCUT2D eigenvalue weighted by molar-refractivity contribution is 6.14. The molecule has 8 nitrogen and oxygen atoms in total. The molecule has 1 saturated heterocycles. The largest absolute Gasteiger partial charge is 0.506 e. The number of imidazole rings is 1. The van der Waals surface area contributed by atoms with E-state index in [2.05, 4.69) is 44.8 Å². The van der Waals surface area contributed by atoms with Gasteiger partial charge in [-0.1, -0.05) is 36.4 Å². The summed E-state index contributed by atoms with van der Waals surface area (Å²) >= 11 is 0. The Morgan fingerprint density at radius 2 is 1.86 bits per heavy atom. The number of phenolic OH excluding ortho intramolecular Hbond substituents is 1. The number of aromatic nitrogens is 2. The fourth-order valence-electron chi connectivity index (χ4n) is 6.48. The van der Waals surface area contributed by atoms with Gasteiger partial charge >= 0.3 is 0 Å². The van der Waals surface area contributed by atoms with Crippen LogP contribution in [-0.4, -0.2) is 71.4 Å². The van der Waals surface area contributed by atoms with Crippen LogP contribution in [0.4, 0.5) is 10.1 Å². The second kappa shape index (κ2) is 11.7. The number of phenols is 1. The van der Waals surface area contributed by atoms with Gasteiger partial charge in [-0.3, -0.25) is 9.69 Å². The number of aromatic hydroxyl groups is 1. The average Bonchev–Trinajstić information content (AvgIpc) is 3.56. The van der Waals surface area contributed by atoms with E-state index in [1.54, 1.807) is 18.6 Å². The van der Waals surface area contributed by atoms with E-state index in [0.717, 1.165) is 58.0 Å². The van der Waals surface area contributed by atoms with E-state index in [9.17, 15) is 9.90 Å². The van der Waals surface area contributed by atoms with Crippen LogP contribution in [0.25, 0.3) is 32.7 Å². The van der Waals surface area contributed by atoms with Gasteiger partial charge in [0.15, 0.2) is 0 Å². The lowest BCUT2D eigenvalue weighted by molar-refractivity contribution is 0.0398. The third-order valence-corrected chi connectivity index (χ3v) is 8.65. The number of carbonyl (C=O) groups is 1. The van der Waals surface area contributed by atoms with Crippen molar-refractivity contribution in [2.75, 3.05) is 51.3 Å². The third-order valence-electron chi connectivity index (χ3n) is 8.65. The Labute approximate surface area is 249 Å². The molecule has 0 saturated carbocycles. The number of hydrogen-bond acceptors (Lipinski definition) is 6. The molecule has 0 spiro atoms. The van der Waals surface area contributed by atoms with Crippen LogP contribution in [0.5, 0.6) is 5.75 Å². The van der Waals surface area contributed by atoms with Crippen molar-refractivity contribution in [3.63, 3.8) is 0 Å². The molecule has 1 aromatic heterocycles. The third kappa shape index (κ3) is 5.19. The van der Waals surface area contributed by atoms with Crippen molar-refractivity contribution in [2.45, 2.75) is 19.4 Å². The number of anilines is 1. The molecular formula is C34H34FN5O3. The molecule has 1 aliphatic carbocycles. The standard InChI is InChI=1S/C34H34FN5O3/c35-30-20-28-31-26(19-29(33(28)41)34(42)38-8-3-11-40-12-9-36-21-40)24-7-6-22-4-1-2-5-23(22)25(24)18-27(31)32(30)37-10-13-39-14-16-43-17-15-39/h1-2,4-7,9,12,19-21,37,41H,3,8,10-11,13-18H2,(H,38,42). The molecule has 220 valence electrons. The maximum atomic E-state index is 16.0. The van der Waals surface area contributed by atoms with Crippen molar-refractivity contribution in [3.8, 4) is 16.9 Å². The summed E-state index contributed by atoms with van der Waals surface area (Å²) in [5, 5.41) is 21.1. The first-order valence-electron chi connectivity index (χ1n) is 14.9. The van der Waals surface area contributed by atoms with Gasteiger partial charge in [0.2, 0.25) is 0 Å². The Morgan fingerprint density at radius 3 is 2.70 bits per heavy atom. The van der Waals surface area contributed by atoms with Crippen LogP contribution in [-0.2, 0) is 17.7 Å². The van der Waals surface area contributed by atoms with E-state index < -0.39 is 5.82 Å². The van der Waals surface area contributed by atoms with Crippen LogP contribution in [0.15, 0.2) is 67.3 Å². The van der Waals surface area contributed by atoms with Gasteiger partial charge in [0.05, 0.1) is 30.8 Å². The summed E-state index contributed by atoms with van der Waals surface area (Å²) in [4.78, 5) is 19.8. The molecule has 9 heteroatoms. The molecule has 0 radical (unpaired) electrons. The van der Waals surface area contributed by atoms with Crippen molar-refractivity contribution in [1.82, 2.24) is 19.8 Å². The number of morpholine rings is 1. The van der Waals surface area contributed by atoms with Crippen LogP contribution in [0.3, 0.4) is 0 Å². The molecule has 0 atom stereocenters. The first kappa shape index (κ1) is 27.4. The summed E-state index contributed by atoms with van der Waals surface area (Å²) in [6, 6.07) is 15.5. The van der Waals surface area contributed by atoms with Crippen LogP contribution < -0.4 is 10.6 Å². The lowest BCUT2D eigenvalue weighted by atomic mass is 9.79. The summed E-state index contributed by atoms with van der Waals surface area (Å²) < 4.78 is 23.4. The number of fused-ring (bicyclic) bond motifs is 4. The van der Waals surface area contributed by atoms with Gasteiger partial charge in [0.1, 0.15) is 11.6 Å². The second-order valence-electron chi connectivity index (χ2n) is 11.2. The minimum Gasteiger partial charge on any atom is -0.506 e. The number of nitrogens with zero attached hydrogens (tertiary/aromatic N) is 3. The van der Waals surface area contributed by atoms with Gasteiger partial charge in [-0.15, -0.1) is 0 Å². The Morgan fingerprint density at radius 1 is 1.00 bits per heavy atom. The molecule has 3 N–H and O–H groups in total. The first-order valence-corrected chi connectivity index (χ1v) is 14.9. The lowest BCUT2D eigenvalue weighted by Gasteiger charge is -2.28. The maximum absolute atomic E-state index is 16.0. The molecule has 1 fully saturated rings. The fraction of sp³-hybridized carbons (Fsp3) is 0.294. The molecule has 7 rings (SSSR count). The highest BCUT2D eigenvalue weighted by atomic mass is 19.1. The molecule has 0 unspecified atom stereocenters. The zero-order valence-corrected chi connectivity index (χ0v) is 23.9. The lowest BCUT2D eigenvalue weighted by Crippen LogP contribution is -2.39. The number of ether oxygens (including phenoxy) is 1. The summed E-state index contributed by atoms with van der Waals surface area (Å²) in [5.74, 6) is -1.02. The summed E-state index contributed by atoms with van der Waals surface area (Å²) in [5.41, 5.74) is 4.32. The number of carbonyl (C=O) groups excluding carboxylic acids is 1. The van der Waals surface area contributed by atoms with Crippen molar-refractivity contribution in [3.05, 3.63) is 89.8 Å². The number of benzene rings is 4. The normalized spacial score (nSPS) is 14.6. The molecule has 4 aromatic carbocycles. The topological polar surface area (TPSA) is 91.7 Å². The molecule has 2 aliphatic rings. The quantitative estimate of drug-likeness (QED) is 0.205. The van der Waals surface area contributed by atoms with Crippen LogP contribution in [0.2, 0.25) is 0 Å². The monoisotopic (exact) mass is 579 g/mol.